The molecule has 0 radical (unpaired) electrons. The highest BCUT2D eigenvalue weighted by Gasteiger charge is 2.33. The average Bonchev–Trinajstić information content (AvgIpc) is 3.26. The Morgan fingerprint density at radius 3 is 2.68 bits per heavy atom. The molecule has 0 atom stereocenters. The monoisotopic (exact) mass is 452 g/mol. The summed E-state index contributed by atoms with van der Waals surface area (Å²) in [6, 6.07) is 16.9. The van der Waals surface area contributed by atoms with Gasteiger partial charge in [-0.1, -0.05) is 23.4 Å². The van der Waals surface area contributed by atoms with Gasteiger partial charge in [-0.3, -0.25) is 4.79 Å². The second-order valence-corrected chi connectivity index (χ2v) is 8.11. The Labute approximate surface area is 195 Å². The Balaban J connectivity index is 1.35. The van der Waals surface area contributed by atoms with Gasteiger partial charge in [0.25, 0.3) is 0 Å². The summed E-state index contributed by atoms with van der Waals surface area (Å²) in [5, 5.41) is 26.8. The van der Waals surface area contributed by atoms with Crippen molar-refractivity contribution in [2.24, 2.45) is 5.92 Å². The van der Waals surface area contributed by atoms with Crippen molar-refractivity contribution < 1.29 is 9.90 Å². The summed E-state index contributed by atoms with van der Waals surface area (Å²) in [5.74, 6) is 0.231. The molecule has 168 valence electrons. The van der Waals surface area contributed by atoms with E-state index in [4.69, 9.17) is 5.11 Å². The summed E-state index contributed by atoms with van der Waals surface area (Å²) < 4.78 is 1.69. The molecule has 1 aliphatic heterocycles. The van der Waals surface area contributed by atoms with Gasteiger partial charge < -0.3 is 10.0 Å². The minimum Gasteiger partial charge on any atom is -0.481 e. The Morgan fingerprint density at radius 1 is 1.09 bits per heavy atom. The second-order valence-electron chi connectivity index (χ2n) is 8.11. The van der Waals surface area contributed by atoms with E-state index in [9.17, 15) is 10.1 Å². The first kappa shape index (κ1) is 21.2. The summed E-state index contributed by atoms with van der Waals surface area (Å²) in [6.07, 6.45) is 1.80. The molecule has 10 nitrogen and oxygen atoms in total. The number of carboxylic acid groups (broad SMARTS) is 1. The lowest BCUT2D eigenvalue weighted by atomic mass is 10.0. The molecular weight excluding hydrogens is 432 g/mol. The number of hydrogen-bond donors (Lipinski definition) is 1. The fourth-order valence-corrected chi connectivity index (χ4v) is 3.81. The van der Waals surface area contributed by atoms with Crippen molar-refractivity contribution in [3.8, 4) is 28.7 Å². The number of nitrogens with zero attached hydrogens (tertiary/aromatic N) is 8. The molecule has 34 heavy (non-hydrogen) atoms. The number of carbonyl (C=O) groups is 1. The number of benzene rings is 1. The molecule has 0 amide bonds. The van der Waals surface area contributed by atoms with Crippen molar-refractivity contribution in [1.82, 2.24) is 29.9 Å². The van der Waals surface area contributed by atoms with E-state index in [-0.39, 0.29) is 5.92 Å². The van der Waals surface area contributed by atoms with Crippen molar-refractivity contribution >= 4 is 11.8 Å². The third-order valence-corrected chi connectivity index (χ3v) is 5.60. The minimum atomic E-state index is -0.775. The molecule has 3 aromatic heterocycles. The molecule has 10 heteroatoms. The van der Waals surface area contributed by atoms with Crippen molar-refractivity contribution in [3.05, 3.63) is 71.8 Å². The van der Waals surface area contributed by atoms with Crippen LogP contribution in [0, 0.1) is 24.2 Å². The number of aliphatic carboxylic acids is 1. The molecule has 1 aliphatic rings. The normalized spacial score (nSPS) is 13.4. The highest BCUT2D eigenvalue weighted by atomic mass is 16.4. The Hall–Kier alpha value is -4.65. The molecular formula is C24H20N8O2. The summed E-state index contributed by atoms with van der Waals surface area (Å²) in [7, 11) is 0. The predicted molar refractivity (Wildman–Crippen MR) is 123 cm³/mol. The number of nitriles is 1. The smallest absolute Gasteiger partial charge is 0.310 e. The molecule has 0 aliphatic carbocycles. The molecule has 1 saturated heterocycles. The highest BCUT2D eigenvalue weighted by Crippen LogP contribution is 2.25. The summed E-state index contributed by atoms with van der Waals surface area (Å²) >= 11 is 0. The molecule has 4 heterocycles. The maximum Gasteiger partial charge on any atom is 0.310 e. The number of rotatable bonds is 6. The van der Waals surface area contributed by atoms with Crippen LogP contribution in [0.25, 0.3) is 22.6 Å². The number of aryl methyl sites for hydroxylation is 1. The predicted octanol–water partition coefficient (Wildman–Crippen LogP) is 2.55. The van der Waals surface area contributed by atoms with E-state index < -0.39 is 5.97 Å². The van der Waals surface area contributed by atoms with E-state index in [1.54, 1.807) is 23.0 Å². The van der Waals surface area contributed by atoms with E-state index in [2.05, 4.69) is 31.3 Å². The van der Waals surface area contributed by atoms with Gasteiger partial charge in [-0.2, -0.15) is 5.26 Å². The minimum absolute atomic E-state index is 0.341. The molecule has 5 rings (SSSR count). The summed E-state index contributed by atoms with van der Waals surface area (Å²) in [6.45, 7) is 3.15. The van der Waals surface area contributed by atoms with Crippen molar-refractivity contribution in [2.45, 2.75) is 13.5 Å². The van der Waals surface area contributed by atoms with E-state index in [0.29, 0.717) is 48.1 Å². The fraction of sp³-hybridized carbons (Fsp3) is 0.208. The molecule has 0 unspecified atom stereocenters. The molecule has 1 N–H and O–H groups in total. The summed E-state index contributed by atoms with van der Waals surface area (Å²) in [5.41, 5.74) is 4.13. The first-order valence-corrected chi connectivity index (χ1v) is 10.7. The number of hydrogen-bond acceptors (Lipinski definition) is 8. The zero-order chi connectivity index (χ0) is 23.7. The van der Waals surface area contributed by atoms with Crippen LogP contribution in [0.5, 0.6) is 0 Å². The van der Waals surface area contributed by atoms with Crippen LogP contribution >= 0.6 is 0 Å². The number of carboxylic acids is 1. The SMILES string of the molecule is Cc1nc(-c2cccc(C#N)c2)cc(-c2cn(Cc3cccc(N4CC(C(=O)O)C4)n3)nn2)n1. The Morgan fingerprint density at radius 2 is 1.88 bits per heavy atom. The van der Waals surface area contributed by atoms with Crippen LogP contribution in [0.3, 0.4) is 0 Å². The van der Waals surface area contributed by atoms with Gasteiger partial charge in [-0.05, 0) is 37.3 Å². The quantitative estimate of drug-likeness (QED) is 0.468. The largest absolute Gasteiger partial charge is 0.481 e. The Kier molecular flexibility index (Phi) is 5.43. The van der Waals surface area contributed by atoms with Crippen LogP contribution in [0.1, 0.15) is 17.1 Å². The maximum atomic E-state index is 11.0. The standard InChI is InChI=1S/C24H20N8O2/c1-15-26-20(17-5-2-4-16(8-17)10-25)9-21(27-15)22-14-32(30-29-22)13-19-6-3-7-23(28-19)31-11-18(12-31)24(33)34/h2-9,14,18H,11-13H2,1H3,(H,33,34). The van der Waals surface area contributed by atoms with Crippen LogP contribution in [0.2, 0.25) is 0 Å². The van der Waals surface area contributed by atoms with Gasteiger partial charge in [0.1, 0.15) is 17.3 Å². The third kappa shape index (κ3) is 4.31. The van der Waals surface area contributed by atoms with Crippen LogP contribution in [-0.4, -0.2) is 54.1 Å². The van der Waals surface area contributed by atoms with E-state index in [1.807, 2.05) is 48.2 Å². The van der Waals surface area contributed by atoms with Crippen molar-refractivity contribution in [1.29, 1.82) is 5.26 Å². The van der Waals surface area contributed by atoms with Crippen LogP contribution in [0.4, 0.5) is 5.82 Å². The van der Waals surface area contributed by atoms with E-state index in [1.165, 1.54) is 0 Å². The van der Waals surface area contributed by atoms with Gasteiger partial charge in [0, 0.05) is 18.7 Å². The van der Waals surface area contributed by atoms with E-state index >= 15 is 0 Å². The number of pyridine rings is 1. The second kappa shape index (κ2) is 8.71. The number of aromatic nitrogens is 6. The third-order valence-electron chi connectivity index (χ3n) is 5.60. The van der Waals surface area contributed by atoms with Crippen LogP contribution < -0.4 is 4.90 Å². The molecule has 0 spiro atoms. The molecule has 1 aromatic carbocycles. The molecule has 0 bridgehead atoms. The topological polar surface area (TPSA) is 134 Å². The van der Waals surface area contributed by atoms with Gasteiger partial charge in [-0.25, -0.2) is 19.6 Å². The maximum absolute atomic E-state index is 11.0. The molecule has 0 saturated carbocycles. The summed E-state index contributed by atoms with van der Waals surface area (Å²) in [4.78, 5) is 26.7. The van der Waals surface area contributed by atoms with Gasteiger partial charge in [0.2, 0.25) is 0 Å². The van der Waals surface area contributed by atoms with Gasteiger partial charge in [0.15, 0.2) is 0 Å². The highest BCUT2D eigenvalue weighted by molar-refractivity contribution is 5.74. The Bertz CT molecular complexity index is 1420. The van der Waals surface area contributed by atoms with Gasteiger partial charge >= 0.3 is 5.97 Å². The fourth-order valence-electron chi connectivity index (χ4n) is 3.81. The number of anilines is 1. The lowest BCUT2D eigenvalue weighted by Crippen LogP contribution is -2.50. The molecule has 4 aromatic rings. The van der Waals surface area contributed by atoms with Crippen molar-refractivity contribution in [2.75, 3.05) is 18.0 Å². The lowest BCUT2D eigenvalue weighted by molar-refractivity contribution is -0.142. The van der Waals surface area contributed by atoms with E-state index in [0.717, 1.165) is 17.1 Å². The lowest BCUT2D eigenvalue weighted by Gasteiger charge is -2.37. The first-order valence-electron chi connectivity index (χ1n) is 10.7. The van der Waals surface area contributed by atoms with Gasteiger partial charge in [-0.15, -0.1) is 5.10 Å². The van der Waals surface area contributed by atoms with Crippen molar-refractivity contribution in [3.63, 3.8) is 0 Å². The molecule has 1 fully saturated rings. The zero-order valence-electron chi connectivity index (χ0n) is 18.3. The average molecular weight is 452 g/mol. The zero-order valence-corrected chi connectivity index (χ0v) is 18.3. The van der Waals surface area contributed by atoms with Crippen LogP contribution in [-0.2, 0) is 11.3 Å². The van der Waals surface area contributed by atoms with Crippen LogP contribution in [0.15, 0.2) is 54.7 Å². The van der Waals surface area contributed by atoms with Gasteiger partial charge in [0.05, 0.1) is 47.4 Å². The first-order chi connectivity index (χ1) is 16.5.